The summed E-state index contributed by atoms with van der Waals surface area (Å²) >= 11 is 0. The van der Waals surface area contributed by atoms with Crippen LogP contribution in [0.3, 0.4) is 0 Å². The molecule has 28 heavy (non-hydrogen) atoms. The number of hydrogen-bond acceptors (Lipinski definition) is 6. The van der Waals surface area contributed by atoms with Crippen molar-refractivity contribution in [3.05, 3.63) is 66.1 Å². The van der Waals surface area contributed by atoms with Gasteiger partial charge in [0.1, 0.15) is 22.8 Å². The molecule has 0 fully saturated rings. The van der Waals surface area contributed by atoms with Gasteiger partial charge < -0.3 is 15.3 Å². The molecule has 1 aromatic heterocycles. The Labute approximate surface area is 158 Å². The van der Waals surface area contributed by atoms with Crippen LogP contribution in [0.1, 0.15) is 10.4 Å². The topological polar surface area (TPSA) is 137 Å². The third-order valence-corrected chi connectivity index (χ3v) is 5.12. The summed E-state index contributed by atoms with van der Waals surface area (Å²) in [5.74, 6) is -3.12. The molecule has 10 heteroatoms. The molecule has 0 aliphatic carbocycles. The van der Waals surface area contributed by atoms with E-state index in [2.05, 4.69) is 9.71 Å². The number of halogens is 1. The molecule has 3 aromatic rings. The maximum atomic E-state index is 13.4. The molecule has 144 valence electrons. The Bertz CT molecular complexity index is 1180. The van der Waals surface area contributed by atoms with Crippen molar-refractivity contribution in [3.8, 4) is 22.8 Å². The average molecular weight is 404 g/mol. The van der Waals surface area contributed by atoms with Crippen molar-refractivity contribution in [2.24, 2.45) is 0 Å². The summed E-state index contributed by atoms with van der Waals surface area (Å²) in [4.78, 5) is 14.3. The molecule has 0 bridgehead atoms. The number of hydrogen-bond donors (Lipinski definition) is 4. The first-order valence-corrected chi connectivity index (χ1v) is 9.21. The Morgan fingerprint density at radius 3 is 2.43 bits per heavy atom. The first-order valence-electron chi connectivity index (χ1n) is 7.72. The van der Waals surface area contributed by atoms with Crippen molar-refractivity contribution < 1.29 is 32.9 Å². The summed E-state index contributed by atoms with van der Waals surface area (Å²) in [6.45, 7) is 0. The van der Waals surface area contributed by atoms with Crippen molar-refractivity contribution in [1.29, 1.82) is 0 Å². The summed E-state index contributed by atoms with van der Waals surface area (Å²) in [6.07, 6.45) is 0. The fourth-order valence-corrected chi connectivity index (χ4v) is 3.54. The number of aromatic carboxylic acids is 1. The van der Waals surface area contributed by atoms with Crippen LogP contribution in [0.4, 0.5) is 10.1 Å². The largest absolute Gasteiger partial charge is 0.507 e. The van der Waals surface area contributed by atoms with Gasteiger partial charge in [0.15, 0.2) is 0 Å². The van der Waals surface area contributed by atoms with Crippen molar-refractivity contribution in [1.82, 2.24) is 4.98 Å². The highest BCUT2D eigenvalue weighted by atomic mass is 32.2. The number of nitrogens with one attached hydrogen (secondary N) is 1. The number of aromatic nitrogens is 1. The second kappa shape index (κ2) is 7.16. The van der Waals surface area contributed by atoms with Gasteiger partial charge in [-0.1, -0.05) is 12.1 Å². The number of carboxylic acids is 1. The molecule has 0 atom stereocenters. The van der Waals surface area contributed by atoms with Crippen LogP contribution in [0.25, 0.3) is 11.3 Å². The lowest BCUT2D eigenvalue weighted by atomic mass is 10.1. The van der Waals surface area contributed by atoms with Gasteiger partial charge >= 0.3 is 5.97 Å². The van der Waals surface area contributed by atoms with E-state index in [1.807, 2.05) is 0 Å². The van der Waals surface area contributed by atoms with Gasteiger partial charge in [0.05, 0.1) is 10.6 Å². The van der Waals surface area contributed by atoms with Gasteiger partial charge in [-0.05, 0) is 36.4 Å². The smallest absolute Gasteiger partial charge is 0.339 e. The summed E-state index contributed by atoms with van der Waals surface area (Å²) in [6, 6.07) is 10.6. The lowest BCUT2D eigenvalue weighted by Crippen LogP contribution is -2.13. The minimum absolute atomic E-state index is 0.0559. The lowest BCUT2D eigenvalue weighted by Gasteiger charge is -2.11. The summed E-state index contributed by atoms with van der Waals surface area (Å²) in [7, 11) is -4.13. The average Bonchev–Trinajstić information content (AvgIpc) is 2.63. The van der Waals surface area contributed by atoms with E-state index in [1.165, 1.54) is 30.3 Å². The summed E-state index contributed by atoms with van der Waals surface area (Å²) in [5, 5.41) is 28.4. The van der Waals surface area contributed by atoms with E-state index in [0.717, 1.165) is 24.3 Å². The lowest BCUT2D eigenvalue weighted by molar-refractivity contribution is 0.0693. The number of phenols is 1. The zero-order valence-corrected chi connectivity index (χ0v) is 14.8. The number of sulfonamides is 1. The molecule has 3 rings (SSSR count). The Balaban J connectivity index is 1.96. The number of pyridine rings is 1. The first kappa shape index (κ1) is 19.1. The summed E-state index contributed by atoms with van der Waals surface area (Å²) < 4.78 is 40.8. The van der Waals surface area contributed by atoms with Gasteiger partial charge in [-0.3, -0.25) is 4.72 Å². The fraction of sp³-hybridized carbons (Fsp3) is 0. The molecule has 0 amide bonds. The molecule has 4 N–H and O–H groups in total. The van der Waals surface area contributed by atoms with Crippen molar-refractivity contribution >= 4 is 21.7 Å². The quantitative estimate of drug-likeness (QED) is 0.480. The van der Waals surface area contributed by atoms with Gasteiger partial charge in [-0.15, -0.1) is 0 Å². The molecule has 0 saturated heterocycles. The number of rotatable bonds is 5. The van der Waals surface area contributed by atoms with Crippen molar-refractivity contribution in [2.75, 3.05) is 4.72 Å². The Hall–Kier alpha value is -3.66. The van der Waals surface area contributed by atoms with E-state index >= 15 is 0 Å². The molecule has 2 aromatic carbocycles. The van der Waals surface area contributed by atoms with Gasteiger partial charge in [0.2, 0.25) is 5.95 Å². The van der Waals surface area contributed by atoms with E-state index in [1.54, 1.807) is 0 Å². The van der Waals surface area contributed by atoms with E-state index in [-0.39, 0.29) is 33.2 Å². The minimum atomic E-state index is -4.13. The predicted molar refractivity (Wildman–Crippen MR) is 97.2 cm³/mol. The molecular formula is C18H13FN2O6S. The maximum absolute atomic E-state index is 13.4. The zero-order chi connectivity index (χ0) is 20.5. The molecule has 0 saturated carbocycles. The number of carbonyl (C=O) groups is 1. The van der Waals surface area contributed by atoms with Gasteiger partial charge in [-0.2, -0.15) is 4.39 Å². The predicted octanol–water partition coefficient (Wildman–Crippen LogP) is 2.80. The van der Waals surface area contributed by atoms with E-state index in [4.69, 9.17) is 5.11 Å². The van der Waals surface area contributed by atoms with E-state index < -0.39 is 27.7 Å². The minimum Gasteiger partial charge on any atom is -0.507 e. The van der Waals surface area contributed by atoms with Gasteiger partial charge in [0.25, 0.3) is 10.0 Å². The summed E-state index contributed by atoms with van der Waals surface area (Å²) in [5.41, 5.74) is -0.387. The second-order valence-corrected chi connectivity index (χ2v) is 7.35. The standard InChI is InChI=1S/C18H13FN2O6S/c19-16-7-6-14(22)17(20-16)10-2-1-3-12(8-10)28(26,27)21-11-4-5-13(18(24)25)15(23)9-11/h1-9,21-23H,(H,24,25). The highest BCUT2D eigenvalue weighted by Crippen LogP contribution is 2.30. The number of aromatic hydroxyl groups is 2. The third kappa shape index (κ3) is 3.86. The Morgan fingerprint density at radius 2 is 1.75 bits per heavy atom. The highest BCUT2D eigenvalue weighted by molar-refractivity contribution is 7.92. The van der Waals surface area contributed by atoms with Crippen LogP contribution in [0.2, 0.25) is 0 Å². The molecule has 0 aliphatic heterocycles. The number of nitrogens with zero attached hydrogens (tertiary/aromatic N) is 1. The van der Waals surface area contributed by atoms with Gasteiger partial charge in [-0.25, -0.2) is 18.2 Å². The Morgan fingerprint density at radius 1 is 1.00 bits per heavy atom. The van der Waals surface area contributed by atoms with Crippen LogP contribution < -0.4 is 4.72 Å². The molecule has 8 nitrogen and oxygen atoms in total. The fourth-order valence-electron chi connectivity index (χ4n) is 2.44. The van der Waals surface area contributed by atoms with Crippen molar-refractivity contribution in [3.63, 3.8) is 0 Å². The van der Waals surface area contributed by atoms with Crippen LogP contribution in [0.5, 0.6) is 11.5 Å². The highest BCUT2D eigenvalue weighted by Gasteiger charge is 2.18. The molecular weight excluding hydrogens is 391 g/mol. The number of anilines is 1. The van der Waals surface area contributed by atoms with Crippen LogP contribution in [0.15, 0.2) is 59.5 Å². The molecule has 0 radical (unpaired) electrons. The van der Waals surface area contributed by atoms with Gasteiger partial charge in [0, 0.05) is 11.6 Å². The number of carboxylic acid groups (broad SMARTS) is 1. The van der Waals surface area contributed by atoms with Crippen molar-refractivity contribution in [2.45, 2.75) is 4.90 Å². The Kier molecular flexibility index (Phi) is 4.89. The monoisotopic (exact) mass is 404 g/mol. The van der Waals surface area contributed by atoms with E-state index in [9.17, 15) is 27.8 Å². The normalized spacial score (nSPS) is 11.2. The molecule has 0 unspecified atom stereocenters. The molecule has 0 spiro atoms. The number of benzene rings is 2. The maximum Gasteiger partial charge on any atom is 0.339 e. The van der Waals surface area contributed by atoms with E-state index in [0.29, 0.717) is 0 Å². The van der Waals surface area contributed by atoms with Crippen LogP contribution in [-0.4, -0.2) is 34.7 Å². The SMILES string of the molecule is O=C(O)c1ccc(NS(=O)(=O)c2cccc(-c3nc(F)ccc3O)c2)cc1O. The second-order valence-electron chi connectivity index (χ2n) is 5.67. The molecule has 0 aliphatic rings. The first-order chi connectivity index (χ1) is 13.2. The third-order valence-electron chi connectivity index (χ3n) is 3.74. The van der Waals surface area contributed by atoms with Crippen LogP contribution in [-0.2, 0) is 10.0 Å². The zero-order valence-electron chi connectivity index (χ0n) is 14.0. The van der Waals surface area contributed by atoms with Crippen LogP contribution in [0, 0.1) is 5.95 Å². The van der Waals surface area contributed by atoms with Crippen LogP contribution >= 0.6 is 0 Å². The molecule has 1 heterocycles.